The third kappa shape index (κ3) is 3.95. The third-order valence-corrected chi connectivity index (χ3v) is 5.83. The first-order valence-corrected chi connectivity index (χ1v) is 11.0. The van der Waals surface area contributed by atoms with Gasteiger partial charge in [-0.25, -0.2) is 4.39 Å². The van der Waals surface area contributed by atoms with Crippen LogP contribution in [-0.4, -0.2) is 31.1 Å². The van der Waals surface area contributed by atoms with Crippen molar-refractivity contribution in [3.8, 4) is 11.5 Å². The van der Waals surface area contributed by atoms with E-state index in [1.54, 1.807) is 18.1 Å². The largest absolute Gasteiger partial charge is 0.457 e. The molecule has 1 atom stereocenters. The molecule has 0 fully saturated rings. The molecule has 7 heteroatoms. The molecular formula is C27H22FNO5. The van der Waals surface area contributed by atoms with Crippen LogP contribution in [0.3, 0.4) is 0 Å². The van der Waals surface area contributed by atoms with Crippen LogP contribution in [0.5, 0.6) is 11.5 Å². The van der Waals surface area contributed by atoms with Crippen molar-refractivity contribution in [3.63, 3.8) is 0 Å². The smallest absolute Gasteiger partial charge is 0.290 e. The van der Waals surface area contributed by atoms with Crippen LogP contribution < -0.4 is 10.2 Å². The Morgan fingerprint density at radius 3 is 2.56 bits per heavy atom. The number of carbonyl (C=O) groups excluding carboxylic acids is 1. The first kappa shape index (κ1) is 21.9. The first-order valence-electron chi connectivity index (χ1n) is 11.0. The molecule has 0 bridgehead atoms. The predicted octanol–water partition coefficient (Wildman–Crippen LogP) is 5.31. The lowest BCUT2D eigenvalue weighted by molar-refractivity contribution is 0.0707. The third-order valence-electron chi connectivity index (χ3n) is 5.83. The van der Waals surface area contributed by atoms with Gasteiger partial charge in [-0.15, -0.1) is 0 Å². The molecule has 0 spiro atoms. The van der Waals surface area contributed by atoms with Gasteiger partial charge in [0.25, 0.3) is 5.91 Å². The molecule has 0 saturated heterocycles. The average Bonchev–Trinajstić information content (AvgIpc) is 3.12. The van der Waals surface area contributed by atoms with Gasteiger partial charge in [0, 0.05) is 20.3 Å². The highest BCUT2D eigenvalue weighted by atomic mass is 19.1. The molecule has 1 aromatic heterocycles. The Bertz CT molecular complexity index is 1420. The number of ether oxygens (including phenoxy) is 2. The summed E-state index contributed by atoms with van der Waals surface area (Å²) in [6, 6.07) is 19.6. The van der Waals surface area contributed by atoms with Crippen LogP contribution in [0.4, 0.5) is 4.39 Å². The van der Waals surface area contributed by atoms with Crippen molar-refractivity contribution >= 4 is 16.9 Å². The maximum Gasteiger partial charge on any atom is 0.290 e. The standard InChI is InChI=1S/C27H22FNO5/c1-32-14-6-13-29-24(17-7-5-10-20(15-17)33-19-8-3-2-4-9-19)23-25(30)21-16-18(28)11-12-22(21)34-26(23)27(29)31/h2-5,7-12,15-16,24H,6,13-14H2,1H3. The van der Waals surface area contributed by atoms with Gasteiger partial charge in [0.15, 0.2) is 5.43 Å². The van der Waals surface area contributed by atoms with E-state index in [4.69, 9.17) is 13.9 Å². The molecule has 0 saturated carbocycles. The Morgan fingerprint density at radius 2 is 1.76 bits per heavy atom. The van der Waals surface area contributed by atoms with E-state index in [2.05, 4.69) is 0 Å². The fourth-order valence-corrected chi connectivity index (χ4v) is 4.32. The van der Waals surface area contributed by atoms with E-state index < -0.39 is 17.3 Å². The SMILES string of the molecule is COCCCN1C(=O)c2oc3ccc(F)cc3c(=O)c2C1c1cccc(Oc2ccccc2)c1. The van der Waals surface area contributed by atoms with E-state index in [-0.39, 0.29) is 28.2 Å². The minimum atomic E-state index is -0.692. The topological polar surface area (TPSA) is 69.0 Å². The van der Waals surface area contributed by atoms with E-state index in [1.807, 2.05) is 48.5 Å². The van der Waals surface area contributed by atoms with Gasteiger partial charge < -0.3 is 18.8 Å². The van der Waals surface area contributed by atoms with Crippen LogP contribution in [0.25, 0.3) is 11.0 Å². The fraction of sp³-hybridized carbons (Fsp3) is 0.185. The van der Waals surface area contributed by atoms with Crippen molar-refractivity contribution in [1.82, 2.24) is 4.90 Å². The zero-order valence-corrected chi connectivity index (χ0v) is 18.5. The number of carbonyl (C=O) groups is 1. The number of rotatable bonds is 7. The lowest BCUT2D eigenvalue weighted by Crippen LogP contribution is -2.31. The Labute approximate surface area is 195 Å². The van der Waals surface area contributed by atoms with Crippen LogP contribution >= 0.6 is 0 Å². The molecule has 1 unspecified atom stereocenters. The van der Waals surface area contributed by atoms with E-state index in [0.717, 1.165) is 6.07 Å². The van der Waals surface area contributed by atoms with Crippen molar-refractivity contribution in [2.45, 2.75) is 12.5 Å². The van der Waals surface area contributed by atoms with Gasteiger partial charge in [-0.3, -0.25) is 9.59 Å². The molecule has 2 heterocycles. The van der Waals surface area contributed by atoms with Gasteiger partial charge in [0.05, 0.1) is 17.0 Å². The van der Waals surface area contributed by atoms with E-state index in [9.17, 15) is 14.0 Å². The zero-order valence-electron chi connectivity index (χ0n) is 18.5. The maximum atomic E-state index is 13.9. The molecule has 34 heavy (non-hydrogen) atoms. The molecule has 1 aliphatic heterocycles. The highest BCUT2D eigenvalue weighted by Gasteiger charge is 2.42. The van der Waals surface area contributed by atoms with E-state index in [0.29, 0.717) is 36.6 Å². The second-order valence-electron chi connectivity index (χ2n) is 8.05. The number of methoxy groups -OCH3 is 1. The molecule has 6 nitrogen and oxygen atoms in total. The van der Waals surface area contributed by atoms with Crippen molar-refractivity contribution in [1.29, 1.82) is 0 Å². The maximum absolute atomic E-state index is 13.9. The molecule has 3 aromatic carbocycles. The molecule has 1 amide bonds. The number of hydrogen-bond donors (Lipinski definition) is 0. The number of para-hydroxylation sites is 1. The summed E-state index contributed by atoms with van der Waals surface area (Å²) in [4.78, 5) is 28.5. The number of nitrogens with zero attached hydrogens (tertiary/aromatic N) is 1. The van der Waals surface area contributed by atoms with E-state index in [1.165, 1.54) is 12.1 Å². The van der Waals surface area contributed by atoms with Gasteiger partial charge in [0.2, 0.25) is 5.76 Å². The van der Waals surface area contributed by atoms with Crippen LogP contribution in [0.2, 0.25) is 0 Å². The summed E-state index contributed by atoms with van der Waals surface area (Å²) in [6.07, 6.45) is 0.579. The molecule has 0 aliphatic carbocycles. The normalized spacial score (nSPS) is 15.1. The lowest BCUT2D eigenvalue weighted by Gasteiger charge is -2.25. The number of halogens is 1. The quantitative estimate of drug-likeness (QED) is 0.351. The Hall–Kier alpha value is -3.97. The van der Waals surface area contributed by atoms with E-state index >= 15 is 0 Å². The fourth-order valence-electron chi connectivity index (χ4n) is 4.32. The number of fused-ring (bicyclic) bond motifs is 2. The van der Waals surface area contributed by atoms with Crippen molar-refractivity contribution in [3.05, 3.63) is 106 Å². The molecule has 0 radical (unpaired) electrons. The van der Waals surface area contributed by atoms with Crippen LogP contribution in [-0.2, 0) is 4.74 Å². The summed E-state index contributed by atoms with van der Waals surface area (Å²) < 4.78 is 30.9. The van der Waals surface area contributed by atoms with Crippen LogP contribution in [0, 0.1) is 5.82 Å². The minimum Gasteiger partial charge on any atom is -0.457 e. The van der Waals surface area contributed by atoms with Crippen LogP contribution in [0.15, 0.2) is 82.0 Å². The molecule has 5 rings (SSSR count). The summed E-state index contributed by atoms with van der Waals surface area (Å²) in [5, 5.41) is 0.104. The van der Waals surface area contributed by atoms with Gasteiger partial charge in [-0.1, -0.05) is 30.3 Å². The Kier molecular flexibility index (Phi) is 5.86. The Morgan fingerprint density at radius 1 is 0.971 bits per heavy atom. The monoisotopic (exact) mass is 459 g/mol. The molecule has 172 valence electrons. The van der Waals surface area contributed by atoms with Crippen molar-refractivity contribution in [2.24, 2.45) is 0 Å². The Balaban J connectivity index is 1.63. The zero-order chi connectivity index (χ0) is 23.7. The molecule has 4 aromatic rings. The second-order valence-corrected chi connectivity index (χ2v) is 8.05. The molecule has 1 aliphatic rings. The summed E-state index contributed by atoms with van der Waals surface area (Å²) in [6.45, 7) is 0.814. The van der Waals surface area contributed by atoms with Gasteiger partial charge >= 0.3 is 0 Å². The van der Waals surface area contributed by atoms with Gasteiger partial charge in [0.1, 0.15) is 22.9 Å². The van der Waals surface area contributed by atoms with Crippen LogP contribution in [0.1, 0.15) is 34.1 Å². The highest BCUT2D eigenvalue weighted by molar-refractivity contribution is 5.99. The molecule has 0 N–H and O–H groups in total. The van der Waals surface area contributed by atoms with Crippen molar-refractivity contribution < 1.29 is 23.1 Å². The number of hydrogen-bond acceptors (Lipinski definition) is 5. The summed E-state index contributed by atoms with van der Waals surface area (Å²) >= 11 is 0. The number of amides is 1. The van der Waals surface area contributed by atoms with Gasteiger partial charge in [-0.05, 0) is 54.4 Å². The van der Waals surface area contributed by atoms with Gasteiger partial charge in [-0.2, -0.15) is 0 Å². The number of benzene rings is 3. The lowest BCUT2D eigenvalue weighted by atomic mass is 9.98. The minimum absolute atomic E-state index is 0.0131. The second kappa shape index (κ2) is 9.11. The molecular weight excluding hydrogens is 437 g/mol. The summed E-state index contributed by atoms with van der Waals surface area (Å²) in [7, 11) is 1.59. The average molecular weight is 459 g/mol. The summed E-state index contributed by atoms with van der Waals surface area (Å²) in [5.74, 6) is 0.295. The van der Waals surface area contributed by atoms with Crippen molar-refractivity contribution in [2.75, 3.05) is 20.3 Å². The first-order chi connectivity index (χ1) is 16.6. The summed E-state index contributed by atoms with van der Waals surface area (Å²) in [5.41, 5.74) is 0.660. The predicted molar refractivity (Wildman–Crippen MR) is 125 cm³/mol. The highest BCUT2D eigenvalue weighted by Crippen LogP contribution is 2.39.